The number of ether oxygens (including phenoxy) is 1. The molecule has 1 aliphatic heterocycles. The Labute approximate surface area is 170 Å². The van der Waals surface area contributed by atoms with Crippen molar-refractivity contribution < 1.29 is 23.5 Å². The number of piperidine rings is 1. The molecule has 0 aliphatic carbocycles. The lowest BCUT2D eigenvalue weighted by Crippen LogP contribution is -2.45. The highest BCUT2D eigenvalue weighted by Gasteiger charge is 2.26. The Balaban J connectivity index is 1.62. The van der Waals surface area contributed by atoms with E-state index >= 15 is 0 Å². The van der Waals surface area contributed by atoms with E-state index in [1.807, 2.05) is 11.8 Å². The lowest BCUT2D eigenvalue weighted by molar-refractivity contribution is -0.138. The van der Waals surface area contributed by atoms with Gasteiger partial charge < -0.3 is 19.4 Å². The van der Waals surface area contributed by atoms with Gasteiger partial charge in [0.15, 0.2) is 12.4 Å². The van der Waals surface area contributed by atoms with Crippen LogP contribution in [0.5, 0.6) is 0 Å². The number of likely N-dealkylation sites (tertiary alicyclic amines) is 1. The molecule has 0 spiro atoms. The molecule has 3 rings (SSSR count). The zero-order valence-electron chi connectivity index (χ0n) is 16.8. The third kappa shape index (κ3) is 5.04. The molecule has 0 radical (unpaired) electrons. The van der Waals surface area contributed by atoms with Crippen LogP contribution in [0.3, 0.4) is 0 Å². The fraction of sp³-hybridized carbons (Fsp3) is 0.409. The van der Waals surface area contributed by atoms with Crippen LogP contribution in [0.1, 0.15) is 59.1 Å². The normalized spacial score (nSPS) is 16.3. The van der Waals surface area contributed by atoms with Crippen LogP contribution in [0.25, 0.3) is 0 Å². The number of hydrogen-bond donors (Lipinski definition) is 1. The van der Waals surface area contributed by atoms with E-state index in [4.69, 9.17) is 9.15 Å². The number of benzene rings is 1. The molecular weight excluding hydrogens is 372 g/mol. The van der Waals surface area contributed by atoms with Crippen molar-refractivity contribution in [3.63, 3.8) is 0 Å². The number of nitrogens with zero attached hydrogens (tertiary/aromatic N) is 1. The van der Waals surface area contributed by atoms with E-state index < -0.39 is 11.9 Å². The molecule has 0 bridgehead atoms. The van der Waals surface area contributed by atoms with Gasteiger partial charge in [0, 0.05) is 18.3 Å². The summed E-state index contributed by atoms with van der Waals surface area (Å²) < 4.78 is 10.3. The molecule has 2 amide bonds. The summed E-state index contributed by atoms with van der Waals surface area (Å²) in [5.41, 5.74) is 1.54. The smallest absolute Gasteiger partial charge is 0.338 e. The number of carbonyl (C=O) groups excluding carboxylic acids is 3. The first-order valence-corrected chi connectivity index (χ1v) is 9.91. The number of hydrogen-bond acceptors (Lipinski definition) is 5. The van der Waals surface area contributed by atoms with Crippen molar-refractivity contribution in [2.75, 3.05) is 18.5 Å². The molecule has 1 N–H and O–H groups in total. The Hall–Kier alpha value is -3.09. The van der Waals surface area contributed by atoms with E-state index in [2.05, 4.69) is 12.2 Å². The van der Waals surface area contributed by atoms with Crippen molar-refractivity contribution >= 4 is 23.5 Å². The van der Waals surface area contributed by atoms with Gasteiger partial charge in [-0.15, -0.1) is 0 Å². The van der Waals surface area contributed by atoms with Gasteiger partial charge in [-0.2, -0.15) is 0 Å². The predicted octanol–water partition coefficient (Wildman–Crippen LogP) is 3.79. The zero-order chi connectivity index (χ0) is 20.8. The number of furan rings is 1. The van der Waals surface area contributed by atoms with E-state index in [1.54, 1.807) is 30.3 Å². The van der Waals surface area contributed by atoms with Crippen LogP contribution in [0.4, 0.5) is 5.69 Å². The van der Waals surface area contributed by atoms with Crippen LogP contribution in [0.15, 0.2) is 41.0 Å². The molecule has 1 saturated heterocycles. The quantitative estimate of drug-likeness (QED) is 0.748. The Kier molecular flexibility index (Phi) is 6.69. The molecule has 2 heterocycles. The molecule has 29 heavy (non-hydrogen) atoms. The van der Waals surface area contributed by atoms with Crippen molar-refractivity contribution in [1.29, 1.82) is 0 Å². The average molecular weight is 398 g/mol. The van der Waals surface area contributed by atoms with Crippen LogP contribution >= 0.6 is 0 Å². The van der Waals surface area contributed by atoms with Gasteiger partial charge in [0.1, 0.15) is 0 Å². The predicted molar refractivity (Wildman–Crippen MR) is 108 cm³/mol. The van der Waals surface area contributed by atoms with Gasteiger partial charge in [-0.1, -0.05) is 13.0 Å². The number of amides is 2. The molecular formula is C22H26N2O5. The average Bonchev–Trinajstić information content (AvgIpc) is 3.28. The van der Waals surface area contributed by atoms with Crippen molar-refractivity contribution in [3.05, 3.63) is 53.5 Å². The Morgan fingerprint density at radius 2 is 2.07 bits per heavy atom. The Bertz CT molecular complexity index is 875. The highest BCUT2D eigenvalue weighted by molar-refractivity contribution is 6.03. The van der Waals surface area contributed by atoms with E-state index in [0.29, 0.717) is 12.2 Å². The first-order chi connectivity index (χ1) is 14.0. The second-order valence-electron chi connectivity index (χ2n) is 7.18. The van der Waals surface area contributed by atoms with Gasteiger partial charge in [-0.3, -0.25) is 9.59 Å². The molecule has 0 saturated carbocycles. The molecule has 1 aromatic heterocycles. The fourth-order valence-electron chi connectivity index (χ4n) is 3.52. The highest BCUT2D eigenvalue weighted by Crippen LogP contribution is 2.21. The van der Waals surface area contributed by atoms with E-state index in [0.717, 1.165) is 31.2 Å². The van der Waals surface area contributed by atoms with E-state index in [9.17, 15) is 14.4 Å². The summed E-state index contributed by atoms with van der Waals surface area (Å²) in [6.45, 7) is 4.31. The highest BCUT2D eigenvalue weighted by atomic mass is 16.5. The first-order valence-electron chi connectivity index (χ1n) is 9.91. The minimum absolute atomic E-state index is 0.164. The number of aryl methyl sites for hydroxylation is 1. The van der Waals surface area contributed by atoms with Crippen molar-refractivity contribution in [3.8, 4) is 0 Å². The number of carbonyl (C=O) groups is 3. The van der Waals surface area contributed by atoms with Crippen molar-refractivity contribution in [2.24, 2.45) is 0 Å². The number of nitrogens with one attached hydrogen (secondary N) is 1. The van der Waals surface area contributed by atoms with E-state index in [-0.39, 0.29) is 29.9 Å². The molecule has 154 valence electrons. The van der Waals surface area contributed by atoms with Crippen LogP contribution in [-0.2, 0) is 9.53 Å². The molecule has 1 aliphatic rings. The molecule has 1 unspecified atom stereocenters. The summed E-state index contributed by atoms with van der Waals surface area (Å²) in [5.74, 6) is -0.996. The van der Waals surface area contributed by atoms with Gasteiger partial charge >= 0.3 is 5.97 Å². The summed E-state index contributed by atoms with van der Waals surface area (Å²) in [7, 11) is 0. The maximum absolute atomic E-state index is 12.5. The lowest BCUT2D eigenvalue weighted by atomic mass is 10.00. The van der Waals surface area contributed by atoms with Gasteiger partial charge in [-0.25, -0.2) is 4.79 Å². The molecule has 1 fully saturated rings. The molecule has 7 heteroatoms. The van der Waals surface area contributed by atoms with Gasteiger partial charge in [0.2, 0.25) is 0 Å². The van der Waals surface area contributed by atoms with Gasteiger partial charge in [-0.05, 0) is 62.4 Å². The second-order valence-corrected chi connectivity index (χ2v) is 7.18. The topological polar surface area (TPSA) is 88.9 Å². The molecule has 2 aromatic rings. The summed E-state index contributed by atoms with van der Waals surface area (Å²) in [6.07, 6.45) is 5.41. The fourth-order valence-corrected chi connectivity index (χ4v) is 3.52. The molecule has 1 aromatic carbocycles. The summed E-state index contributed by atoms with van der Waals surface area (Å²) in [6, 6.07) is 8.27. The zero-order valence-corrected chi connectivity index (χ0v) is 16.8. The number of esters is 1. The second kappa shape index (κ2) is 9.41. The van der Waals surface area contributed by atoms with Crippen molar-refractivity contribution in [1.82, 2.24) is 4.90 Å². The van der Waals surface area contributed by atoms with E-state index in [1.165, 1.54) is 6.26 Å². The monoisotopic (exact) mass is 398 g/mol. The standard InChI is InChI=1S/C22H26N2O5/c1-3-17-7-4-5-11-24(17)20(25)14-29-22(27)16-10-9-15(2)18(13-16)23-21(26)19-8-6-12-28-19/h6,8-10,12-13,17H,3-5,7,11,14H2,1-2H3,(H,23,26). The SMILES string of the molecule is CCC1CCCCN1C(=O)COC(=O)c1ccc(C)c(NC(=O)c2ccco2)c1. The number of rotatable bonds is 6. The van der Waals surface area contributed by atoms with Gasteiger partial charge in [0.25, 0.3) is 11.8 Å². The van der Waals surface area contributed by atoms with Crippen LogP contribution in [0.2, 0.25) is 0 Å². The third-order valence-corrected chi connectivity index (χ3v) is 5.21. The largest absolute Gasteiger partial charge is 0.459 e. The van der Waals surface area contributed by atoms with Crippen LogP contribution in [0, 0.1) is 6.92 Å². The van der Waals surface area contributed by atoms with Crippen LogP contribution in [-0.4, -0.2) is 41.9 Å². The summed E-state index contributed by atoms with van der Waals surface area (Å²) >= 11 is 0. The number of anilines is 1. The molecule has 1 atom stereocenters. The minimum atomic E-state index is -0.600. The maximum atomic E-state index is 12.5. The van der Waals surface area contributed by atoms with Gasteiger partial charge in [0.05, 0.1) is 11.8 Å². The molecule has 7 nitrogen and oxygen atoms in total. The Morgan fingerprint density at radius 3 is 2.79 bits per heavy atom. The first kappa shape index (κ1) is 20.6. The lowest BCUT2D eigenvalue weighted by Gasteiger charge is -2.35. The Morgan fingerprint density at radius 1 is 1.24 bits per heavy atom. The minimum Gasteiger partial charge on any atom is -0.459 e. The van der Waals surface area contributed by atoms with Crippen molar-refractivity contribution in [2.45, 2.75) is 45.6 Å². The van der Waals surface area contributed by atoms with Crippen LogP contribution < -0.4 is 5.32 Å². The maximum Gasteiger partial charge on any atom is 0.338 e. The summed E-state index contributed by atoms with van der Waals surface area (Å²) in [4.78, 5) is 38.9. The summed E-state index contributed by atoms with van der Waals surface area (Å²) in [5, 5.41) is 2.72. The third-order valence-electron chi connectivity index (χ3n) is 5.21.